The Kier molecular flexibility index (Phi) is 3.02. The first-order valence-electron chi connectivity index (χ1n) is 6.77. The molecule has 0 saturated heterocycles. The summed E-state index contributed by atoms with van der Waals surface area (Å²) in [7, 11) is 1.48. The van der Waals surface area contributed by atoms with E-state index in [1.165, 1.54) is 29.0 Å². The molecular weight excluding hydrogens is 236 g/mol. The second-order valence-electron chi connectivity index (χ2n) is 5.48. The molecule has 2 nitrogen and oxygen atoms in total. The zero-order chi connectivity index (χ0) is 13.4. The van der Waals surface area contributed by atoms with E-state index < -0.39 is 0 Å². The Labute approximate surface area is 113 Å². The number of hydrogen-bond acceptors (Lipinski definition) is 2. The highest BCUT2D eigenvalue weighted by molar-refractivity contribution is 5.84. The number of benzene rings is 2. The van der Waals surface area contributed by atoms with Crippen LogP contribution in [0.15, 0.2) is 36.4 Å². The molecule has 0 aliphatic heterocycles. The van der Waals surface area contributed by atoms with Gasteiger partial charge in [-0.2, -0.15) is 0 Å². The van der Waals surface area contributed by atoms with E-state index in [0.717, 1.165) is 12.8 Å². The summed E-state index contributed by atoms with van der Waals surface area (Å²) in [6.45, 7) is 2.14. The Balaban J connectivity index is 2.04. The lowest BCUT2D eigenvalue weighted by Crippen LogP contribution is -2.30. The minimum absolute atomic E-state index is 0.00124. The number of rotatable bonds is 1. The van der Waals surface area contributed by atoms with Gasteiger partial charge in [-0.05, 0) is 40.7 Å². The van der Waals surface area contributed by atoms with Gasteiger partial charge in [0.25, 0.3) is 0 Å². The molecule has 0 heterocycles. The van der Waals surface area contributed by atoms with Gasteiger partial charge in [0.2, 0.25) is 0 Å². The Morgan fingerprint density at radius 3 is 2.26 bits per heavy atom. The van der Waals surface area contributed by atoms with Crippen LogP contribution in [0.2, 0.25) is 0 Å². The van der Waals surface area contributed by atoms with Gasteiger partial charge < -0.3 is 4.74 Å². The molecule has 0 aromatic heterocycles. The number of esters is 1. The van der Waals surface area contributed by atoms with Gasteiger partial charge in [-0.1, -0.05) is 43.3 Å². The SMILES string of the molecule is COC(=O)[C@H]1Cc2cc3ccccc3cc2C[C@@H]1C. The summed E-state index contributed by atoms with van der Waals surface area (Å²) in [6, 6.07) is 12.9. The molecule has 98 valence electrons. The maximum Gasteiger partial charge on any atom is 0.309 e. The Bertz CT molecular complexity index is 630. The predicted octanol–water partition coefficient (Wildman–Crippen LogP) is 3.36. The third-order valence-electron chi connectivity index (χ3n) is 4.24. The van der Waals surface area contributed by atoms with Crippen molar-refractivity contribution in [3.05, 3.63) is 47.5 Å². The zero-order valence-electron chi connectivity index (χ0n) is 11.3. The number of hydrogen-bond donors (Lipinski definition) is 0. The molecule has 2 heteroatoms. The van der Waals surface area contributed by atoms with Crippen molar-refractivity contribution in [2.75, 3.05) is 7.11 Å². The number of ether oxygens (including phenoxy) is 1. The van der Waals surface area contributed by atoms with Crippen LogP contribution in [0.3, 0.4) is 0 Å². The lowest BCUT2D eigenvalue weighted by atomic mass is 9.76. The molecule has 0 fully saturated rings. The summed E-state index contributed by atoms with van der Waals surface area (Å²) >= 11 is 0. The fourth-order valence-electron chi connectivity index (χ4n) is 3.11. The molecule has 3 rings (SSSR count). The molecule has 19 heavy (non-hydrogen) atoms. The van der Waals surface area contributed by atoms with E-state index in [-0.39, 0.29) is 11.9 Å². The molecule has 0 spiro atoms. The summed E-state index contributed by atoms with van der Waals surface area (Å²) in [5.41, 5.74) is 2.68. The van der Waals surface area contributed by atoms with Gasteiger partial charge in [0.1, 0.15) is 0 Å². The maximum absolute atomic E-state index is 11.8. The van der Waals surface area contributed by atoms with Crippen molar-refractivity contribution in [2.24, 2.45) is 11.8 Å². The molecule has 0 bridgehead atoms. The maximum atomic E-state index is 11.8. The van der Waals surface area contributed by atoms with Crippen LogP contribution in [0.4, 0.5) is 0 Å². The fraction of sp³-hybridized carbons (Fsp3) is 0.353. The van der Waals surface area contributed by atoms with E-state index in [1.807, 2.05) is 0 Å². The predicted molar refractivity (Wildman–Crippen MR) is 76.0 cm³/mol. The Hall–Kier alpha value is -1.83. The lowest BCUT2D eigenvalue weighted by molar-refractivity contribution is -0.147. The highest BCUT2D eigenvalue weighted by Crippen LogP contribution is 2.33. The topological polar surface area (TPSA) is 26.3 Å². The average molecular weight is 254 g/mol. The van der Waals surface area contributed by atoms with Crippen molar-refractivity contribution >= 4 is 16.7 Å². The van der Waals surface area contributed by atoms with Crippen molar-refractivity contribution in [1.29, 1.82) is 0 Å². The summed E-state index contributed by atoms with van der Waals surface area (Å²) in [4.78, 5) is 11.8. The van der Waals surface area contributed by atoms with Crippen LogP contribution in [0.1, 0.15) is 18.1 Å². The van der Waals surface area contributed by atoms with E-state index in [9.17, 15) is 4.79 Å². The van der Waals surface area contributed by atoms with Crippen molar-refractivity contribution in [1.82, 2.24) is 0 Å². The molecule has 0 radical (unpaired) electrons. The molecule has 0 amide bonds. The average Bonchev–Trinajstić information content (AvgIpc) is 2.43. The van der Waals surface area contributed by atoms with Gasteiger partial charge in [0.15, 0.2) is 0 Å². The molecule has 2 aromatic carbocycles. The van der Waals surface area contributed by atoms with Gasteiger partial charge in [-0.15, -0.1) is 0 Å². The van der Waals surface area contributed by atoms with Crippen LogP contribution in [-0.2, 0) is 22.4 Å². The first kappa shape index (κ1) is 12.2. The number of carbonyl (C=O) groups is 1. The molecular formula is C17H18O2. The summed E-state index contributed by atoms with van der Waals surface area (Å²) in [5, 5.41) is 2.53. The van der Waals surface area contributed by atoms with Gasteiger partial charge in [0.05, 0.1) is 13.0 Å². The third kappa shape index (κ3) is 2.12. The fourth-order valence-corrected chi connectivity index (χ4v) is 3.11. The second kappa shape index (κ2) is 4.69. The van der Waals surface area contributed by atoms with E-state index in [4.69, 9.17) is 4.74 Å². The summed E-state index contributed by atoms with van der Waals surface area (Å²) < 4.78 is 4.92. The highest BCUT2D eigenvalue weighted by Gasteiger charge is 2.31. The van der Waals surface area contributed by atoms with Gasteiger partial charge >= 0.3 is 5.97 Å². The van der Waals surface area contributed by atoms with E-state index in [0.29, 0.717) is 5.92 Å². The standard InChI is InChI=1S/C17H18O2/c1-11-7-14-8-12-5-3-4-6-13(12)9-15(14)10-16(11)17(18)19-2/h3-6,8-9,11,16H,7,10H2,1-2H3/t11-,16-/m0/s1. The number of methoxy groups -OCH3 is 1. The van der Waals surface area contributed by atoms with Crippen LogP contribution in [0, 0.1) is 11.8 Å². The van der Waals surface area contributed by atoms with Crippen molar-refractivity contribution in [2.45, 2.75) is 19.8 Å². The normalized spacial score (nSPS) is 22.0. The molecule has 0 unspecified atom stereocenters. The van der Waals surface area contributed by atoms with Crippen molar-refractivity contribution < 1.29 is 9.53 Å². The van der Waals surface area contributed by atoms with Crippen molar-refractivity contribution in [3.63, 3.8) is 0 Å². The number of carbonyl (C=O) groups excluding carboxylic acids is 1. The van der Waals surface area contributed by atoms with Crippen LogP contribution < -0.4 is 0 Å². The van der Waals surface area contributed by atoms with Crippen LogP contribution in [0.25, 0.3) is 10.8 Å². The first-order chi connectivity index (χ1) is 9.19. The smallest absolute Gasteiger partial charge is 0.309 e. The van der Waals surface area contributed by atoms with Gasteiger partial charge in [-0.3, -0.25) is 4.79 Å². The molecule has 0 saturated carbocycles. The third-order valence-corrected chi connectivity index (χ3v) is 4.24. The summed E-state index contributed by atoms with van der Waals surface area (Å²) in [6.07, 6.45) is 1.76. The van der Waals surface area contributed by atoms with E-state index >= 15 is 0 Å². The first-order valence-corrected chi connectivity index (χ1v) is 6.77. The highest BCUT2D eigenvalue weighted by atomic mass is 16.5. The van der Waals surface area contributed by atoms with Crippen molar-refractivity contribution in [3.8, 4) is 0 Å². The monoisotopic (exact) mass is 254 g/mol. The van der Waals surface area contributed by atoms with Crippen LogP contribution in [-0.4, -0.2) is 13.1 Å². The van der Waals surface area contributed by atoms with E-state index in [1.54, 1.807) is 0 Å². The summed E-state index contributed by atoms with van der Waals surface area (Å²) in [5.74, 6) is 0.270. The lowest BCUT2D eigenvalue weighted by Gasteiger charge is -2.29. The molecule has 1 aliphatic carbocycles. The quantitative estimate of drug-likeness (QED) is 0.729. The Morgan fingerprint density at radius 2 is 1.68 bits per heavy atom. The number of fused-ring (bicyclic) bond motifs is 2. The van der Waals surface area contributed by atoms with Gasteiger partial charge in [0, 0.05) is 0 Å². The minimum Gasteiger partial charge on any atom is -0.469 e. The van der Waals surface area contributed by atoms with Crippen LogP contribution in [0.5, 0.6) is 0 Å². The zero-order valence-corrected chi connectivity index (χ0v) is 11.3. The van der Waals surface area contributed by atoms with Gasteiger partial charge in [-0.25, -0.2) is 0 Å². The molecule has 1 aliphatic rings. The minimum atomic E-state index is -0.0775. The Morgan fingerprint density at radius 1 is 1.11 bits per heavy atom. The molecule has 2 atom stereocenters. The van der Waals surface area contributed by atoms with Crippen LogP contribution >= 0.6 is 0 Å². The largest absolute Gasteiger partial charge is 0.469 e. The van der Waals surface area contributed by atoms with E-state index in [2.05, 4.69) is 43.3 Å². The second-order valence-corrected chi connectivity index (χ2v) is 5.48. The molecule has 0 N–H and O–H groups in total. The molecule has 2 aromatic rings.